The third-order valence-corrected chi connectivity index (χ3v) is 5.36. The minimum absolute atomic E-state index is 0.300. The molecule has 2 N–H and O–H groups in total. The van der Waals surface area contributed by atoms with Gasteiger partial charge in [0.2, 0.25) is 0 Å². The van der Waals surface area contributed by atoms with Crippen molar-refractivity contribution in [3.05, 3.63) is 95.1 Å². The Morgan fingerprint density at radius 2 is 2.12 bits per heavy atom. The Kier molecular flexibility index (Phi) is 6.60. The molecule has 0 radical (unpaired) electrons. The minimum atomic E-state index is -0.416. The predicted molar refractivity (Wildman–Crippen MR) is 135 cm³/mol. The van der Waals surface area contributed by atoms with Gasteiger partial charge in [0.25, 0.3) is 0 Å². The summed E-state index contributed by atoms with van der Waals surface area (Å²) in [5, 5.41) is 6.57. The van der Waals surface area contributed by atoms with Gasteiger partial charge in [-0.2, -0.15) is 5.10 Å². The van der Waals surface area contributed by atoms with Crippen molar-refractivity contribution in [2.75, 3.05) is 19.3 Å². The molecule has 166 valence electrons. The molecule has 0 atom stereocenters. The Bertz CT molecular complexity index is 1290. The van der Waals surface area contributed by atoms with Crippen molar-refractivity contribution in [1.82, 2.24) is 9.99 Å². The number of dihydropyridines is 1. The summed E-state index contributed by atoms with van der Waals surface area (Å²) in [4.78, 5) is 13.4. The lowest BCUT2D eigenvalue weighted by atomic mass is 9.94. The molecule has 0 amide bonds. The fourth-order valence-electron chi connectivity index (χ4n) is 3.43. The molecule has 0 unspecified atom stereocenters. The molecule has 2 aromatic rings. The van der Waals surface area contributed by atoms with Crippen LogP contribution in [0, 0.1) is 5.82 Å². The van der Waals surface area contributed by atoms with Crippen LogP contribution in [0.4, 0.5) is 10.2 Å². The number of nitrogens with two attached hydrogens (primary N) is 1. The molecule has 0 aliphatic carbocycles. The molecular weight excluding hydrogens is 439 g/mol. The summed E-state index contributed by atoms with van der Waals surface area (Å²) in [6.45, 7) is 4.33. The van der Waals surface area contributed by atoms with Gasteiger partial charge in [0.1, 0.15) is 17.5 Å². The van der Waals surface area contributed by atoms with Crippen LogP contribution in [0.2, 0.25) is 5.02 Å². The van der Waals surface area contributed by atoms with Crippen molar-refractivity contribution in [2.24, 2.45) is 15.1 Å². The Morgan fingerprint density at radius 3 is 2.88 bits per heavy atom. The van der Waals surface area contributed by atoms with Crippen LogP contribution in [-0.4, -0.2) is 41.3 Å². The number of aromatic nitrogens is 1. The summed E-state index contributed by atoms with van der Waals surface area (Å²) in [6, 6.07) is 6.35. The monoisotopic (exact) mass is 460 g/mol. The lowest BCUT2D eigenvalue weighted by Crippen LogP contribution is -2.16. The van der Waals surface area contributed by atoms with E-state index in [1.807, 2.05) is 30.3 Å². The van der Waals surface area contributed by atoms with Crippen LogP contribution in [0.15, 0.2) is 82.6 Å². The van der Waals surface area contributed by atoms with Gasteiger partial charge in [-0.25, -0.2) is 19.4 Å². The van der Waals surface area contributed by atoms with Gasteiger partial charge >= 0.3 is 0 Å². The molecule has 6 nitrogen and oxygen atoms in total. The zero-order valence-corrected chi connectivity index (χ0v) is 18.8. The fraction of sp³-hybridized carbons (Fsp3) is 0.120. The number of nitrogens with zero attached hydrogens (tertiary/aromatic N) is 5. The van der Waals surface area contributed by atoms with Crippen molar-refractivity contribution >= 4 is 46.3 Å². The molecule has 2 aliphatic heterocycles. The highest BCUT2D eigenvalue weighted by atomic mass is 35.5. The average Bonchev–Trinajstić information content (AvgIpc) is 2.81. The first-order valence-corrected chi connectivity index (χ1v) is 10.6. The molecule has 1 aromatic carbocycles. The number of pyridine rings is 1. The number of anilines is 1. The summed E-state index contributed by atoms with van der Waals surface area (Å²) >= 11 is 6.12. The highest BCUT2D eigenvalue weighted by Crippen LogP contribution is 2.30. The second kappa shape index (κ2) is 9.75. The third kappa shape index (κ3) is 5.15. The van der Waals surface area contributed by atoms with Crippen LogP contribution in [0.3, 0.4) is 0 Å². The topological polar surface area (TPSA) is 79.2 Å². The van der Waals surface area contributed by atoms with Crippen molar-refractivity contribution < 1.29 is 4.39 Å². The summed E-state index contributed by atoms with van der Waals surface area (Å²) in [7, 11) is 1.89. The Hall–Kier alpha value is -3.84. The zero-order chi connectivity index (χ0) is 23.4. The first-order chi connectivity index (χ1) is 15.9. The number of halogens is 2. The number of hydrogen-bond donors (Lipinski definition) is 1. The largest absolute Gasteiger partial charge is 0.383 e. The minimum Gasteiger partial charge on any atom is -0.383 e. The standard InChI is InChI=1S/C25H22ClFN6/c1-3-4-8-29-24-12-17(11-23(32-24)21-13-19(26)5-6-22(21)27)18-10-20(25(28)30-14-18)16-7-9-33(2)31-15-16/h3-8,10-11,13-15H,1,9,12H2,2H3,(H2,28,30)/b8-4-,29-24+. The number of aliphatic imine (C=N–C) groups is 2. The van der Waals surface area contributed by atoms with Crippen LogP contribution < -0.4 is 5.73 Å². The SMILES string of the molecule is C=C/C=C\N=C1/CC(c2cnc(N)c(C3=CCN(C)N=C3)c2)=CC(c2cc(Cl)ccc2F)=N1. The highest BCUT2D eigenvalue weighted by molar-refractivity contribution is 6.31. The van der Waals surface area contributed by atoms with Gasteiger partial charge < -0.3 is 5.73 Å². The Balaban J connectivity index is 1.79. The second-order valence-electron chi connectivity index (χ2n) is 7.49. The van der Waals surface area contributed by atoms with E-state index in [1.165, 1.54) is 12.1 Å². The molecule has 0 spiro atoms. The number of hydrogen-bond acceptors (Lipinski definition) is 5. The van der Waals surface area contributed by atoms with Crippen molar-refractivity contribution in [1.29, 1.82) is 0 Å². The lowest BCUT2D eigenvalue weighted by Gasteiger charge is -2.19. The smallest absolute Gasteiger partial charge is 0.133 e. The summed E-state index contributed by atoms with van der Waals surface area (Å²) in [5.74, 6) is 0.522. The van der Waals surface area contributed by atoms with Gasteiger partial charge in [-0.15, -0.1) is 0 Å². The molecule has 0 bridgehead atoms. The maximum atomic E-state index is 14.6. The van der Waals surface area contributed by atoms with Gasteiger partial charge in [0, 0.05) is 47.6 Å². The molecule has 4 rings (SSSR count). The van der Waals surface area contributed by atoms with Gasteiger partial charge in [-0.05, 0) is 47.6 Å². The van der Waals surface area contributed by atoms with Gasteiger partial charge in [-0.3, -0.25) is 5.01 Å². The molecular formula is C25H22ClFN6. The highest BCUT2D eigenvalue weighted by Gasteiger charge is 2.19. The van der Waals surface area contributed by atoms with E-state index in [1.54, 1.807) is 36.8 Å². The van der Waals surface area contributed by atoms with E-state index >= 15 is 0 Å². The number of allylic oxidation sites excluding steroid dienone is 4. The van der Waals surface area contributed by atoms with Crippen LogP contribution in [0.5, 0.6) is 0 Å². The van der Waals surface area contributed by atoms with E-state index in [4.69, 9.17) is 17.3 Å². The molecule has 2 aliphatic rings. The van der Waals surface area contributed by atoms with E-state index < -0.39 is 5.82 Å². The summed E-state index contributed by atoms with van der Waals surface area (Å²) in [6.07, 6.45) is 12.7. The second-order valence-corrected chi connectivity index (χ2v) is 7.93. The van der Waals surface area contributed by atoms with Gasteiger partial charge in [-0.1, -0.05) is 30.3 Å². The number of hydrazone groups is 1. The van der Waals surface area contributed by atoms with E-state index in [0.29, 0.717) is 40.9 Å². The number of benzene rings is 1. The van der Waals surface area contributed by atoms with Crippen molar-refractivity contribution in [2.45, 2.75) is 6.42 Å². The van der Waals surface area contributed by atoms with Crippen LogP contribution in [0.25, 0.3) is 11.1 Å². The quantitative estimate of drug-likeness (QED) is 0.627. The lowest BCUT2D eigenvalue weighted by molar-refractivity contribution is 0.395. The summed E-state index contributed by atoms with van der Waals surface area (Å²) < 4.78 is 14.6. The Morgan fingerprint density at radius 1 is 1.27 bits per heavy atom. The molecule has 3 heterocycles. The van der Waals surface area contributed by atoms with Crippen molar-refractivity contribution in [3.8, 4) is 0 Å². The predicted octanol–water partition coefficient (Wildman–Crippen LogP) is 5.15. The van der Waals surface area contributed by atoms with Crippen molar-refractivity contribution in [3.63, 3.8) is 0 Å². The first kappa shape index (κ1) is 22.4. The molecule has 1 aromatic heterocycles. The average molecular weight is 461 g/mol. The van der Waals surface area contributed by atoms with E-state index in [0.717, 1.165) is 22.3 Å². The number of likely N-dealkylation sites (N-methyl/N-ethyl adjacent to an activating group) is 1. The number of nitrogen functional groups attached to an aromatic ring is 1. The fourth-order valence-corrected chi connectivity index (χ4v) is 3.60. The Labute approximate surface area is 196 Å². The molecule has 0 saturated heterocycles. The number of rotatable bonds is 5. The van der Waals surface area contributed by atoms with Gasteiger partial charge in [0.15, 0.2) is 0 Å². The number of amidine groups is 1. The molecule has 0 saturated carbocycles. The maximum absolute atomic E-state index is 14.6. The zero-order valence-electron chi connectivity index (χ0n) is 18.0. The molecule has 0 fully saturated rings. The van der Waals surface area contributed by atoms with Crippen LogP contribution >= 0.6 is 11.6 Å². The van der Waals surface area contributed by atoms with E-state index in [2.05, 4.69) is 26.6 Å². The van der Waals surface area contributed by atoms with Crippen LogP contribution in [-0.2, 0) is 0 Å². The summed E-state index contributed by atoms with van der Waals surface area (Å²) in [5.41, 5.74) is 10.3. The van der Waals surface area contributed by atoms with Crippen LogP contribution in [0.1, 0.15) is 23.1 Å². The van der Waals surface area contributed by atoms with Gasteiger partial charge in [0.05, 0.1) is 18.5 Å². The molecule has 8 heteroatoms. The normalized spacial score (nSPS) is 17.2. The first-order valence-electron chi connectivity index (χ1n) is 10.2. The third-order valence-electron chi connectivity index (χ3n) is 5.13. The molecule has 33 heavy (non-hydrogen) atoms. The van der Waals surface area contributed by atoms with E-state index in [9.17, 15) is 4.39 Å². The van der Waals surface area contributed by atoms with E-state index in [-0.39, 0.29) is 0 Å². The maximum Gasteiger partial charge on any atom is 0.133 e.